The number of hydrogen-bond donors (Lipinski definition) is 3. The molecule has 3 nitrogen and oxygen atoms in total. The van der Waals surface area contributed by atoms with Crippen LogP contribution in [-0.2, 0) is 13.0 Å². The van der Waals surface area contributed by atoms with Gasteiger partial charge in [-0.3, -0.25) is 0 Å². The fourth-order valence-electron chi connectivity index (χ4n) is 4.77. The van der Waals surface area contributed by atoms with E-state index < -0.39 is 0 Å². The number of hydrogen-bond acceptors (Lipinski definition) is 2. The maximum atomic E-state index is 10.4. The molecule has 1 aliphatic heterocycles. The summed E-state index contributed by atoms with van der Waals surface area (Å²) in [7, 11) is 0. The van der Waals surface area contributed by atoms with Crippen LogP contribution < -0.4 is 5.32 Å². The normalized spacial score (nSPS) is 17.0. The second-order valence-electron chi connectivity index (χ2n) is 8.32. The summed E-state index contributed by atoms with van der Waals surface area (Å²) in [6, 6.07) is 27.6. The van der Waals surface area contributed by atoms with Gasteiger partial charge in [0, 0.05) is 35.6 Å². The number of rotatable bonds is 6. The van der Waals surface area contributed by atoms with Crippen molar-refractivity contribution in [2.75, 3.05) is 0 Å². The first-order valence-corrected chi connectivity index (χ1v) is 10.9. The van der Waals surface area contributed by atoms with E-state index in [1.54, 1.807) is 0 Å². The van der Waals surface area contributed by atoms with E-state index in [0.29, 0.717) is 6.04 Å². The Morgan fingerprint density at radius 1 is 0.900 bits per heavy atom. The Balaban J connectivity index is 1.29. The van der Waals surface area contributed by atoms with Crippen molar-refractivity contribution in [1.29, 1.82) is 0 Å². The minimum absolute atomic E-state index is 0.369. The van der Waals surface area contributed by atoms with Gasteiger partial charge in [-0.05, 0) is 47.6 Å². The van der Waals surface area contributed by atoms with Gasteiger partial charge in [0.15, 0.2) is 0 Å². The Morgan fingerprint density at radius 3 is 2.47 bits per heavy atom. The predicted molar refractivity (Wildman–Crippen MR) is 123 cm³/mol. The number of H-pyrrole nitrogens is 1. The number of aliphatic hydroxyl groups is 1. The Bertz CT molecular complexity index is 1120. The number of aromatic nitrogens is 1. The highest BCUT2D eigenvalue weighted by Crippen LogP contribution is 2.35. The van der Waals surface area contributed by atoms with Gasteiger partial charge >= 0.3 is 0 Å². The average Bonchev–Trinajstić information content (AvgIpc) is 3.18. The lowest BCUT2D eigenvalue weighted by molar-refractivity contribution is 0.162. The Hall–Kier alpha value is -2.88. The molecule has 4 aromatic rings. The van der Waals surface area contributed by atoms with E-state index >= 15 is 0 Å². The van der Waals surface area contributed by atoms with Gasteiger partial charge in [-0.2, -0.15) is 0 Å². The van der Waals surface area contributed by atoms with E-state index in [1.165, 1.54) is 33.3 Å². The zero-order valence-electron chi connectivity index (χ0n) is 17.1. The monoisotopic (exact) mass is 396 g/mol. The lowest BCUT2D eigenvalue weighted by Crippen LogP contribution is -2.35. The molecule has 2 atom stereocenters. The van der Waals surface area contributed by atoms with Gasteiger partial charge in [-0.15, -0.1) is 0 Å². The van der Waals surface area contributed by atoms with Crippen LogP contribution in [0.15, 0.2) is 78.9 Å². The van der Waals surface area contributed by atoms with Crippen LogP contribution in [0.4, 0.5) is 0 Å². The van der Waals surface area contributed by atoms with Crippen LogP contribution >= 0.6 is 0 Å². The van der Waals surface area contributed by atoms with Crippen molar-refractivity contribution in [2.24, 2.45) is 0 Å². The summed E-state index contributed by atoms with van der Waals surface area (Å²) in [4.78, 5) is 3.69. The van der Waals surface area contributed by atoms with Crippen molar-refractivity contribution in [1.82, 2.24) is 10.3 Å². The summed E-state index contributed by atoms with van der Waals surface area (Å²) in [6.45, 7) is 0.894. The Labute approximate surface area is 177 Å². The van der Waals surface area contributed by atoms with Crippen LogP contribution in [-0.4, -0.2) is 16.1 Å². The van der Waals surface area contributed by atoms with E-state index in [1.807, 2.05) is 30.3 Å². The second kappa shape index (κ2) is 8.47. The molecule has 0 aliphatic carbocycles. The van der Waals surface area contributed by atoms with Crippen molar-refractivity contribution >= 4 is 10.9 Å². The van der Waals surface area contributed by atoms with Crippen LogP contribution in [0.25, 0.3) is 22.0 Å². The van der Waals surface area contributed by atoms with E-state index in [2.05, 4.69) is 58.8 Å². The van der Waals surface area contributed by atoms with Gasteiger partial charge in [0.05, 0.1) is 6.10 Å². The number of benzene rings is 3. The molecule has 0 bridgehead atoms. The van der Waals surface area contributed by atoms with E-state index in [4.69, 9.17) is 0 Å². The first-order valence-electron chi connectivity index (χ1n) is 10.9. The molecule has 3 heteroatoms. The number of fused-ring (bicyclic) bond motifs is 3. The molecule has 2 heterocycles. The molecule has 1 aromatic heterocycles. The number of nitrogens with one attached hydrogen (secondary N) is 2. The molecule has 2 unspecified atom stereocenters. The van der Waals surface area contributed by atoms with Gasteiger partial charge in [-0.1, -0.05) is 72.8 Å². The molecule has 0 saturated carbocycles. The molecule has 0 radical (unpaired) electrons. The summed E-state index contributed by atoms with van der Waals surface area (Å²) in [5.74, 6) is 0. The molecule has 3 N–H and O–H groups in total. The van der Waals surface area contributed by atoms with Crippen molar-refractivity contribution in [3.63, 3.8) is 0 Å². The summed E-state index contributed by atoms with van der Waals surface area (Å²) in [5, 5.41) is 15.5. The van der Waals surface area contributed by atoms with E-state index in [0.717, 1.165) is 37.8 Å². The topological polar surface area (TPSA) is 48.0 Å². The molecule has 3 aromatic carbocycles. The first kappa shape index (κ1) is 19.1. The third-order valence-corrected chi connectivity index (χ3v) is 6.33. The quantitative estimate of drug-likeness (QED) is 0.388. The lowest BCUT2D eigenvalue weighted by Gasteiger charge is -2.25. The summed E-state index contributed by atoms with van der Waals surface area (Å²) < 4.78 is 0. The molecule has 0 amide bonds. The molecule has 0 fully saturated rings. The molecule has 0 spiro atoms. The van der Waals surface area contributed by atoms with Crippen LogP contribution in [0, 0.1) is 0 Å². The van der Waals surface area contributed by atoms with Crippen LogP contribution in [0.3, 0.4) is 0 Å². The Kier molecular flexibility index (Phi) is 5.39. The van der Waals surface area contributed by atoms with E-state index in [9.17, 15) is 5.11 Å². The van der Waals surface area contributed by atoms with Crippen LogP contribution in [0.2, 0.25) is 0 Å². The van der Waals surface area contributed by atoms with Crippen molar-refractivity contribution in [3.05, 3.63) is 95.7 Å². The zero-order chi connectivity index (χ0) is 20.3. The van der Waals surface area contributed by atoms with Crippen molar-refractivity contribution in [2.45, 2.75) is 44.4 Å². The molecule has 152 valence electrons. The molecule has 5 rings (SSSR count). The highest BCUT2D eigenvalue weighted by Gasteiger charge is 2.23. The molecule has 1 aliphatic rings. The average molecular weight is 397 g/mol. The minimum Gasteiger partial charge on any atom is -0.388 e. The maximum absolute atomic E-state index is 10.4. The fraction of sp³-hybridized carbons (Fsp3) is 0.259. The van der Waals surface area contributed by atoms with Crippen molar-refractivity contribution < 1.29 is 5.11 Å². The third-order valence-electron chi connectivity index (χ3n) is 6.33. The minimum atomic E-state index is -0.369. The second-order valence-corrected chi connectivity index (χ2v) is 8.32. The zero-order valence-corrected chi connectivity index (χ0v) is 17.1. The largest absolute Gasteiger partial charge is 0.388 e. The van der Waals surface area contributed by atoms with Crippen LogP contribution in [0.5, 0.6) is 0 Å². The Morgan fingerprint density at radius 2 is 1.67 bits per heavy atom. The van der Waals surface area contributed by atoms with Gasteiger partial charge in [0.25, 0.3) is 0 Å². The fourth-order valence-corrected chi connectivity index (χ4v) is 4.77. The molecular formula is C27H28N2O. The van der Waals surface area contributed by atoms with Gasteiger partial charge in [0.1, 0.15) is 0 Å². The lowest BCUT2D eigenvalue weighted by atomic mass is 9.93. The summed E-state index contributed by atoms with van der Waals surface area (Å²) >= 11 is 0. The SMILES string of the molecule is OC(CCCC1Cc2[nH]c3cccc(-c4ccccc4)c3c2CN1)c1ccccc1. The van der Waals surface area contributed by atoms with Crippen molar-refractivity contribution in [3.8, 4) is 11.1 Å². The number of aliphatic hydroxyl groups excluding tert-OH is 1. The van der Waals surface area contributed by atoms with E-state index in [-0.39, 0.29) is 6.10 Å². The van der Waals surface area contributed by atoms with Gasteiger partial charge in [-0.25, -0.2) is 0 Å². The van der Waals surface area contributed by atoms with Crippen LogP contribution in [0.1, 0.15) is 42.2 Å². The summed E-state index contributed by atoms with van der Waals surface area (Å²) in [6.07, 6.45) is 3.54. The highest BCUT2D eigenvalue weighted by atomic mass is 16.3. The van der Waals surface area contributed by atoms with Gasteiger partial charge in [0.2, 0.25) is 0 Å². The summed E-state index contributed by atoms with van der Waals surface area (Å²) in [5.41, 5.74) is 7.58. The smallest absolute Gasteiger partial charge is 0.0790 e. The maximum Gasteiger partial charge on any atom is 0.0790 e. The molecule has 0 saturated heterocycles. The predicted octanol–water partition coefficient (Wildman–Crippen LogP) is 5.75. The molecular weight excluding hydrogens is 368 g/mol. The first-order chi connectivity index (χ1) is 14.8. The standard InChI is InChI=1S/C27H28N2O/c30-26(20-11-5-2-6-12-20)16-7-13-21-17-25-23(18-28-21)27-22(14-8-15-24(27)29-25)19-9-3-1-4-10-19/h1-6,8-12,14-15,21,26,28-30H,7,13,16-18H2. The third kappa shape index (κ3) is 3.79. The van der Waals surface area contributed by atoms with Gasteiger partial charge < -0.3 is 15.4 Å². The highest BCUT2D eigenvalue weighted by molar-refractivity contribution is 5.98. The number of aromatic amines is 1. The molecule has 30 heavy (non-hydrogen) atoms.